The molecular formula is C19H18FN5O3. The SMILES string of the molecule is O=C(c1nn(-c2ccccc2F)c2c1CCC2)N1CCOC[C@H]1c1ncon1. The van der Waals surface area contributed by atoms with Crippen LogP contribution in [-0.2, 0) is 17.6 Å². The van der Waals surface area contributed by atoms with E-state index in [1.54, 1.807) is 27.8 Å². The smallest absolute Gasteiger partial charge is 0.275 e. The van der Waals surface area contributed by atoms with Crippen molar-refractivity contribution in [2.24, 2.45) is 0 Å². The van der Waals surface area contributed by atoms with Crippen molar-refractivity contribution >= 4 is 5.91 Å². The number of morpholine rings is 1. The Kier molecular flexibility index (Phi) is 4.16. The van der Waals surface area contributed by atoms with Gasteiger partial charge in [0, 0.05) is 17.8 Å². The lowest BCUT2D eigenvalue weighted by molar-refractivity contribution is -0.00615. The van der Waals surface area contributed by atoms with Crippen LogP contribution in [-0.4, -0.2) is 50.5 Å². The second-order valence-corrected chi connectivity index (χ2v) is 6.87. The third kappa shape index (κ3) is 2.70. The fourth-order valence-electron chi connectivity index (χ4n) is 3.95. The average Bonchev–Trinajstić information content (AvgIpc) is 3.46. The van der Waals surface area contributed by atoms with Crippen LogP contribution in [0.4, 0.5) is 4.39 Å². The minimum atomic E-state index is -0.435. The van der Waals surface area contributed by atoms with E-state index in [9.17, 15) is 9.18 Å². The van der Waals surface area contributed by atoms with Gasteiger partial charge in [0.15, 0.2) is 11.5 Å². The molecule has 1 fully saturated rings. The number of ether oxygens (including phenoxy) is 1. The summed E-state index contributed by atoms with van der Waals surface area (Å²) in [5.74, 6) is -0.181. The van der Waals surface area contributed by atoms with Gasteiger partial charge >= 0.3 is 0 Å². The van der Waals surface area contributed by atoms with Gasteiger partial charge in [0.05, 0.1) is 13.2 Å². The Labute approximate surface area is 159 Å². The summed E-state index contributed by atoms with van der Waals surface area (Å²) in [5.41, 5.74) is 2.52. The summed E-state index contributed by atoms with van der Waals surface area (Å²) < 4.78 is 26.3. The molecule has 0 unspecified atom stereocenters. The van der Waals surface area contributed by atoms with Crippen molar-refractivity contribution in [1.82, 2.24) is 24.8 Å². The zero-order valence-electron chi connectivity index (χ0n) is 15.0. The molecule has 0 saturated carbocycles. The van der Waals surface area contributed by atoms with Crippen LogP contribution in [0.1, 0.15) is 40.0 Å². The van der Waals surface area contributed by atoms with Gasteiger partial charge in [0.25, 0.3) is 5.91 Å². The summed E-state index contributed by atoms with van der Waals surface area (Å²) in [6.07, 6.45) is 3.67. The lowest BCUT2D eigenvalue weighted by Gasteiger charge is -2.33. The number of para-hydroxylation sites is 1. The Bertz CT molecular complexity index is 1020. The quantitative estimate of drug-likeness (QED) is 0.688. The monoisotopic (exact) mass is 383 g/mol. The van der Waals surface area contributed by atoms with Gasteiger partial charge in [-0.2, -0.15) is 10.1 Å². The first-order valence-electron chi connectivity index (χ1n) is 9.24. The zero-order valence-corrected chi connectivity index (χ0v) is 15.0. The summed E-state index contributed by atoms with van der Waals surface area (Å²) in [4.78, 5) is 19.2. The predicted octanol–water partition coefficient (Wildman–Crippen LogP) is 2.10. The third-order valence-corrected chi connectivity index (χ3v) is 5.28. The normalized spacial score (nSPS) is 19.0. The largest absolute Gasteiger partial charge is 0.377 e. The second kappa shape index (κ2) is 6.83. The summed E-state index contributed by atoms with van der Waals surface area (Å²) in [5, 5.41) is 8.40. The van der Waals surface area contributed by atoms with Crippen LogP contribution >= 0.6 is 0 Å². The van der Waals surface area contributed by atoms with E-state index < -0.39 is 6.04 Å². The van der Waals surface area contributed by atoms with E-state index in [0.29, 0.717) is 37.0 Å². The zero-order chi connectivity index (χ0) is 19.1. The van der Waals surface area contributed by atoms with E-state index in [1.807, 2.05) is 0 Å². The molecule has 2 aromatic heterocycles. The highest BCUT2D eigenvalue weighted by atomic mass is 19.1. The fraction of sp³-hybridized carbons (Fsp3) is 0.368. The van der Waals surface area contributed by atoms with Crippen molar-refractivity contribution in [1.29, 1.82) is 0 Å². The molecule has 0 bridgehead atoms. The minimum absolute atomic E-state index is 0.216. The van der Waals surface area contributed by atoms with Gasteiger partial charge in [-0.3, -0.25) is 4.79 Å². The van der Waals surface area contributed by atoms with Crippen molar-refractivity contribution in [3.05, 3.63) is 59.3 Å². The van der Waals surface area contributed by atoms with Crippen molar-refractivity contribution in [3.8, 4) is 5.69 Å². The Morgan fingerprint density at radius 1 is 1.25 bits per heavy atom. The molecule has 1 aliphatic heterocycles. The predicted molar refractivity (Wildman–Crippen MR) is 94.4 cm³/mol. The number of carbonyl (C=O) groups is 1. The van der Waals surface area contributed by atoms with E-state index in [1.165, 1.54) is 12.5 Å². The molecule has 0 radical (unpaired) electrons. The van der Waals surface area contributed by atoms with Crippen molar-refractivity contribution in [3.63, 3.8) is 0 Å². The maximum Gasteiger partial charge on any atom is 0.275 e. The highest BCUT2D eigenvalue weighted by molar-refractivity contribution is 5.94. The molecule has 2 aliphatic rings. The number of hydrogen-bond acceptors (Lipinski definition) is 6. The van der Waals surface area contributed by atoms with Gasteiger partial charge in [-0.15, -0.1) is 0 Å². The van der Waals surface area contributed by atoms with E-state index in [-0.39, 0.29) is 11.7 Å². The van der Waals surface area contributed by atoms with Crippen LogP contribution in [0, 0.1) is 5.82 Å². The molecule has 1 amide bonds. The van der Waals surface area contributed by atoms with Gasteiger partial charge in [-0.1, -0.05) is 17.3 Å². The Hall–Kier alpha value is -3.07. The standard InChI is InChI=1S/C19H18FN5O3/c20-13-5-1-2-6-15(13)25-14-7-3-4-12(14)17(22-25)19(26)24-8-9-27-10-16(24)18-21-11-28-23-18/h1-2,5-6,11,16H,3-4,7-10H2/t16-/m0/s1. The Morgan fingerprint density at radius 2 is 2.14 bits per heavy atom. The first-order valence-corrected chi connectivity index (χ1v) is 9.24. The number of hydrogen-bond donors (Lipinski definition) is 0. The number of halogens is 1. The molecule has 3 heterocycles. The maximum absolute atomic E-state index is 14.4. The average molecular weight is 383 g/mol. The van der Waals surface area contributed by atoms with Gasteiger partial charge < -0.3 is 14.2 Å². The highest BCUT2D eigenvalue weighted by Crippen LogP contribution is 2.31. The Morgan fingerprint density at radius 3 is 2.96 bits per heavy atom. The molecule has 144 valence electrons. The molecule has 28 heavy (non-hydrogen) atoms. The molecular weight excluding hydrogens is 365 g/mol. The molecule has 0 N–H and O–H groups in total. The molecule has 8 nitrogen and oxygen atoms in total. The third-order valence-electron chi connectivity index (χ3n) is 5.28. The van der Waals surface area contributed by atoms with Crippen LogP contribution in [0.15, 0.2) is 35.2 Å². The number of benzene rings is 1. The van der Waals surface area contributed by atoms with Gasteiger partial charge in [0.2, 0.25) is 6.39 Å². The molecule has 1 saturated heterocycles. The molecule has 5 rings (SSSR count). The molecule has 1 aliphatic carbocycles. The molecule has 3 aromatic rings. The van der Waals surface area contributed by atoms with Crippen LogP contribution in [0.2, 0.25) is 0 Å². The van der Waals surface area contributed by atoms with E-state index in [0.717, 1.165) is 30.5 Å². The van der Waals surface area contributed by atoms with Crippen molar-refractivity contribution < 1.29 is 18.4 Å². The molecule has 1 aromatic carbocycles. The van der Waals surface area contributed by atoms with Gasteiger partial charge in [-0.05, 0) is 31.4 Å². The lowest BCUT2D eigenvalue weighted by atomic mass is 10.1. The lowest BCUT2D eigenvalue weighted by Crippen LogP contribution is -2.44. The van der Waals surface area contributed by atoms with Gasteiger partial charge in [-0.25, -0.2) is 9.07 Å². The van der Waals surface area contributed by atoms with Crippen LogP contribution in [0.25, 0.3) is 5.69 Å². The Balaban J connectivity index is 1.55. The van der Waals surface area contributed by atoms with E-state index in [2.05, 4.69) is 15.2 Å². The minimum Gasteiger partial charge on any atom is -0.377 e. The fourth-order valence-corrected chi connectivity index (χ4v) is 3.95. The molecule has 0 spiro atoms. The first kappa shape index (κ1) is 17.1. The molecule has 9 heteroatoms. The van der Waals surface area contributed by atoms with E-state index in [4.69, 9.17) is 9.26 Å². The number of nitrogens with zero attached hydrogens (tertiary/aromatic N) is 5. The second-order valence-electron chi connectivity index (χ2n) is 6.87. The van der Waals surface area contributed by atoms with E-state index >= 15 is 0 Å². The van der Waals surface area contributed by atoms with Gasteiger partial charge in [0.1, 0.15) is 17.5 Å². The summed E-state index contributed by atoms with van der Waals surface area (Å²) >= 11 is 0. The van der Waals surface area contributed by atoms with Crippen molar-refractivity contribution in [2.45, 2.75) is 25.3 Å². The van der Waals surface area contributed by atoms with Crippen molar-refractivity contribution in [2.75, 3.05) is 19.8 Å². The number of carbonyl (C=O) groups excluding carboxylic acids is 1. The summed E-state index contributed by atoms with van der Waals surface area (Å²) in [6.45, 7) is 1.12. The maximum atomic E-state index is 14.4. The summed E-state index contributed by atoms with van der Waals surface area (Å²) in [7, 11) is 0. The number of amides is 1. The summed E-state index contributed by atoms with van der Waals surface area (Å²) in [6, 6.07) is 6.03. The number of aromatic nitrogens is 4. The number of fused-ring (bicyclic) bond motifs is 1. The topological polar surface area (TPSA) is 86.3 Å². The highest BCUT2D eigenvalue weighted by Gasteiger charge is 2.36. The number of rotatable bonds is 3. The van der Waals surface area contributed by atoms with Crippen LogP contribution in [0.5, 0.6) is 0 Å². The van der Waals surface area contributed by atoms with Crippen LogP contribution in [0.3, 0.4) is 0 Å². The van der Waals surface area contributed by atoms with Crippen LogP contribution < -0.4 is 0 Å². The first-order chi connectivity index (χ1) is 13.7. The molecule has 1 atom stereocenters.